The van der Waals surface area contributed by atoms with Crippen molar-refractivity contribution in [3.8, 4) is 11.3 Å². The van der Waals surface area contributed by atoms with Crippen LogP contribution in [0.5, 0.6) is 0 Å². The van der Waals surface area contributed by atoms with E-state index in [0.29, 0.717) is 37.0 Å². The van der Waals surface area contributed by atoms with Crippen molar-refractivity contribution in [2.24, 2.45) is 0 Å². The second-order valence-electron chi connectivity index (χ2n) is 6.73. The lowest BCUT2D eigenvalue weighted by molar-refractivity contribution is -0.137. The lowest BCUT2D eigenvalue weighted by Gasteiger charge is -2.32. The van der Waals surface area contributed by atoms with Crippen molar-refractivity contribution < 1.29 is 22.7 Å². The van der Waals surface area contributed by atoms with Crippen LogP contribution in [0.2, 0.25) is 0 Å². The Morgan fingerprint density at radius 3 is 2.72 bits per heavy atom. The van der Waals surface area contributed by atoms with Gasteiger partial charge < -0.3 is 9.64 Å². The number of hydrogen-bond donors (Lipinski definition) is 0. The van der Waals surface area contributed by atoms with Crippen LogP contribution < -0.4 is 4.90 Å². The molecule has 0 saturated carbocycles. The first-order valence-corrected chi connectivity index (χ1v) is 10.2. The van der Waals surface area contributed by atoms with E-state index in [1.165, 1.54) is 30.2 Å². The maximum absolute atomic E-state index is 13.4. The lowest BCUT2D eigenvalue weighted by Crippen LogP contribution is -2.44. The van der Waals surface area contributed by atoms with E-state index in [9.17, 15) is 18.0 Å². The SMILES string of the molecule is O=C1CSc2ncc(-c3ncccc3C(F)(F)F)cc2N1CCN1CCOCC1. The molecule has 29 heavy (non-hydrogen) atoms. The molecule has 0 aliphatic carbocycles. The van der Waals surface area contributed by atoms with Crippen molar-refractivity contribution in [1.29, 1.82) is 0 Å². The van der Waals surface area contributed by atoms with E-state index in [1.54, 1.807) is 11.0 Å². The highest BCUT2D eigenvalue weighted by atomic mass is 32.2. The number of morpholine rings is 1. The van der Waals surface area contributed by atoms with Crippen LogP contribution in [0.3, 0.4) is 0 Å². The van der Waals surface area contributed by atoms with Gasteiger partial charge in [0.2, 0.25) is 5.91 Å². The molecule has 4 rings (SSSR count). The number of carbonyl (C=O) groups excluding carboxylic acids is 1. The molecule has 6 nitrogen and oxygen atoms in total. The van der Waals surface area contributed by atoms with Gasteiger partial charge in [0.25, 0.3) is 0 Å². The number of halogens is 3. The third-order valence-electron chi connectivity index (χ3n) is 4.89. The Kier molecular flexibility index (Phi) is 5.75. The standard InChI is InChI=1S/C19H19F3N4O2S/c20-19(21,22)14-2-1-3-23-17(14)13-10-15-18(24-11-13)29-12-16(27)26(15)5-4-25-6-8-28-9-7-25/h1-3,10-11H,4-9,12H2. The zero-order chi connectivity index (χ0) is 20.4. The molecule has 0 atom stereocenters. The van der Waals surface area contributed by atoms with Gasteiger partial charge in [-0.3, -0.25) is 14.7 Å². The predicted molar refractivity (Wildman–Crippen MR) is 103 cm³/mol. The fourth-order valence-electron chi connectivity index (χ4n) is 3.39. The molecule has 0 N–H and O–H groups in total. The molecule has 0 spiro atoms. The molecule has 1 amide bonds. The molecule has 2 aromatic rings. The number of aromatic nitrogens is 2. The average Bonchev–Trinajstić information content (AvgIpc) is 2.73. The van der Waals surface area contributed by atoms with Gasteiger partial charge in [-0.2, -0.15) is 13.2 Å². The molecular formula is C19H19F3N4O2S. The highest BCUT2D eigenvalue weighted by molar-refractivity contribution is 8.00. The molecular weight excluding hydrogens is 405 g/mol. The highest BCUT2D eigenvalue weighted by Crippen LogP contribution is 2.39. The summed E-state index contributed by atoms with van der Waals surface area (Å²) in [5.41, 5.74) is -0.234. The third kappa shape index (κ3) is 4.39. The van der Waals surface area contributed by atoms with Crippen LogP contribution in [0.25, 0.3) is 11.3 Å². The fraction of sp³-hybridized carbons (Fsp3) is 0.421. The molecule has 2 aromatic heterocycles. The minimum absolute atomic E-state index is 0.0771. The molecule has 0 radical (unpaired) electrons. The zero-order valence-electron chi connectivity index (χ0n) is 15.5. The summed E-state index contributed by atoms with van der Waals surface area (Å²) < 4.78 is 45.5. The topological polar surface area (TPSA) is 58.6 Å². The van der Waals surface area contributed by atoms with Crippen molar-refractivity contribution in [3.63, 3.8) is 0 Å². The first kappa shape index (κ1) is 20.1. The summed E-state index contributed by atoms with van der Waals surface area (Å²) in [6, 6.07) is 3.84. The predicted octanol–water partition coefficient (Wildman–Crippen LogP) is 2.93. The number of ether oxygens (including phenoxy) is 1. The van der Waals surface area contributed by atoms with Crippen LogP contribution in [0.1, 0.15) is 5.56 Å². The number of carbonyl (C=O) groups is 1. The summed E-state index contributed by atoms with van der Waals surface area (Å²) in [6.45, 7) is 4.03. The van der Waals surface area contributed by atoms with Crippen LogP contribution in [0, 0.1) is 0 Å². The normalized spacial score (nSPS) is 18.0. The maximum Gasteiger partial charge on any atom is 0.418 e. The number of hydrogen-bond acceptors (Lipinski definition) is 6. The highest BCUT2D eigenvalue weighted by Gasteiger charge is 2.35. The second kappa shape index (κ2) is 8.29. The summed E-state index contributed by atoms with van der Waals surface area (Å²) in [5.74, 6) is 0.187. The van der Waals surface area contributed by atoms with Gasteiger partial charge in [-0.1, -0.05) is 11.8 Å². The molecule has 1 fully saturated rings. The van der Waals surface area contributed by atoms with Crippen molar-refractivity contribution >= 4 is 23.4 Å². The number of nitrogens with zero attached hydrogens (tertiary/aromatic N) is 4. The third-order valence-corrected chi connectivity index (χ3v) is 5.87. The molecule has 0 aromatic carbocycles. The van der Waals surface area contributed by atoms with E-state index in [-0.39, 0.29) is 22.9 Å². The summed E-state index contributed by atoms with van der Waals surface area (Å²) in [7, 11) is 0. The van der Waals surface area contributed by atoms with E-state index in [1.807, 2.05) is 0 Å². The van der Waals surface area contributed by atoms with Crippen LogP contribution in [0.15, 0.2) is 35.6 Å². The Hall–Kier alpha value is -2.17. The Morgan fingerprint density at radius 1 is 1.17 bits per heavy atom. The monoisotopic (exact) mass is 424 g/mol. The first-order chi connectivity index (χ1) is 13.9. The van der Waals surface area contributed by atoms with Gasteiger partial charge >= 0.3 is 6.18 Å². The Bertz CT molecular complexity index is 903. The van der Waals surface area contributed by atoms with E-state index >= 15 is 0 Å². The van der Waals surface area contributed by atoms with Crippen molar-refractivity contribution in [3.05, 3.63) is 36.2 Å². The number of thioether (sulfide) groups is 1. The average molecular weight is 424 g/mol. The number of anilines is 1. The van der Waals surface area contributed by atoms with Crippen LogP contribution in [-0.2, 0) is 15.7 Å². The summed E-state index contributed by atoms with van der Waals surface area (Å²) in [5, 5.41) is 0.639. The molecule has 1 saturated heterocycles. The Balaban J connectivity index is 1.64. The minimum atomic E-state index is -4.53. The van der Waals surface area contributed by atoms with Gasteiger partial charge in [0, 0.05) is 44.1 Å². The Labute approximate surface area is 170 Å². The van der Waals surface area contributed by atoms with E-state index in [2.05, 4.69) is 14.9 Å². The van der Waals surface area contributed by atoms with Crippen LogP contribution in [-0.4, -0.2) is 65.9 Å². The summed E-state index contributed by atoms with van der Waals surface area (Å²) in [6.07, 6.45) is -1.82. The van der Waals surface area contributed by atoms with E-state index in [4.69, 9.17) is 4.74 Å². The van der Waals surface area contributed by atoms with Gasteiger partial charge in [0.1, 0.15) is 5.03 Å². The number of rotatable bonds is 4. The fourth-order valence-corrected chi connectivity index (χ4v) is 4.25. The summed E-state index contributed by atoms with van der Waals surface area (Å²) in [4.78, 5) is 24.6. The van der Waals surface area contributed by atoms with Crippen molar-refractivity contribution in [2.45, 2.75) is 11.2 Å². The second-order valence-corrected chi connectivity index (χ2v) is 7.70. The number of alkyl halides is 3. The van der Waals surface area contributed by atoms with Gasteiger partial charge in [0.15, 0.2) is 0 Å². The Morgan fingerprint density at radius 2 is 1.97 bits per heavy atom. The molecule has 4 heterocycles. The molecule has 0 bridgehead atoms. The van der Waals surface area contributed by atoms with Gasteiger partial charge in [0.05, 0.1) is 35.9 Å². The van der Waals surface area contributed by atoms with Gasteiger partial charge in [-0.05, 0) is 18.2 Å². The van der Waals surface area contributed by atoms with E-state index in [0.717, 1.165) is 19.2 Å². The smallest absolute Gasteiger partial charge is 0.379 e. The minimum Gasteiger partial charge on any atom is -0.379 e. The van der Waals surface area contributed by atoms with Crippen LogP contribution >= 0.6 is 11.8 Å². The van der Waals surface area contributed by atoms with Gasteiger partial charge in [-0.15, -0.1) is 0 Å². The van der Waals surface area contributed by atoms with E-state index < -0.39 is 11.7 Å². The number of fused-ring (bicyclic) bond motifs is 1. The first-order valence-electron chi connectivity index (χ1n) is 9.19. The zero-order valence-corrected chi connectivity index (χ0v) is 16.3. The number of pyridine rings is 2. The summed E-state index contributed by atoms with van der Waals surface area (Å²) >= 11 is 1.30. The number of amides is 1. The molecule has 0 unspecified atom stereocenters. The lowest BCUT2D eigenvalue weighted by atomic mass is 10.1. The largest absolute Gasteiger partial charge is 0.418 e. The molecule has 10 heteroatoms. The molecule has 2 aliphatic heterocycles. The van der Waals surface area contributed by atoms with Crippen LogP contribution in [0.4, 0.5) is 18.9 Å². The van der Waals surface area contributed by atoms with Gasteiger partial charge in [-0.25, -0.2) is 4.98 Å². The maximum atomic E-state index is 13.4. The van der Waals surface area contributed by atoms with Crippen molar-refractivity contribution in [2.75, 3.05) is 50.0 Å². The molecule has 2 aliphatic rings. The molecule has 154 valence electrons. The quantitative estimate of drug-likeness (QED) is 0.752. The van der Waals surface area contributed by atoms with Crippen molar-refractivity contribution in [1.82, 2.24) is 14.9 Å².